The van der Waals surface area contributed by atoms with Gasteiger partial charge in [-0.15, -0.1) is 11.7 Å². The van der Waals surface area contributed by atoms with Crippen LogP contribution in [0.25, 0.3) is 0 Å². The van der Waals surface area contributed by atoms with Gasteiger partial charge in [-0.3, -0.25) is 0 Å². The van der Waals surface area contributed by atoms with Crippen LogP contribution >= 0.6 is 0 Å². The molecule has 1 N–H and O–H groups in total. The van der Waals surface area contributed by atoms with Gasteiger partial charge in [0.15, 0.2) is 8.32 Å². The third-order valence-corrected chi connectivity index (χ3v) is 7.44. The average molecular weight is 229 g/mol. The SMILES string of the molecule is C=C[C@@H](C/C=N/O)O[Si](C)(C)C(C)(C)C. The van der Waals surface area contributed by atoms with Crippen LogP contribution in [0.1, 0.15) is 27.2 Å². The average Bonchev–Trinajstić information content (AvgIpc) is 2.10. The molecule has 0 fully saturated rings. The third-order valence-electron chi connectivity index (χ3n) is 2.93. The molecule has 0 aromatic carbocycles. The molecule has 0 saturated heterocycles. The summed E-state index contributed by atoms with van der Waals surface area (Å²) in [5, 5.41) is 11.5. The fourth-order valence-corrected chi connectivity index (χ4v) is 2.20. The Labute approximate surface area is 94.0 Å². The van der Waals surface area contributed by atoms with Crippen LogP contribution in [0.2, 0.25) is 18.1 Å². The Kier molecular flexibility index (Phi) is 5.24. The summed E-state index contributed by atoms with van der Waals surface area (Å²) in [5.74, 6) is 0. The lowest BCUT2D eigenvalue weighted by molar-refractivity contribution is 0.231. The summed E-state index contributed by atoms with van der Waals surface area (Å²) in [5.41, 5.74) is 0. The van der Waals surface area contributed by atoms with Gasteiger partial charge >= 0.3 is 0 Å². The maximum atomic E-state index is 8.36. The first kappa shape index (κ1) is 14.4. The van der Waals surface area contributed by atoms with Crippen molar-refractivity contribution in [3.8, 4) is 0 Å². The fraction of sp³-hybridized carbons (Fsp3) is 0.727. The van der Waals surface area contributed by atoms with Gasteiger partial charge in [0.1, 0.15) is 0 Å². The summed E-state index contributed by atoms with van der Waals surface area (Å²) >= 11 is 0. The number of oxime groups is 1. The van der Waals surface area contributed by atoms with E-state index in [4.69, 9.17) is 9.63 Å². The molecule has 0 saturated carbocycles. The van der Waals surface area contributed by atoms with Crippen molar-refractivity contribution in [3.63, 3.8) is 0 Å². The van der Waals surface area contributed by atoms with Crippen molar-refractivity contribution in [2.45, 2.75) is 51.4 Å². The number of hydrogen-bond donors (Lipinski definition) is 1. The van der Waals surface area contributed by atoms with Gasteiger partial charge in [-0.2, -0.15) is 0 Å². The van der Waals surface area contributed by atoms with Crippen molar-refractivity contribution in [2.24, 2.45) is 5.16 Å². The molecule has 0 amide bonds. The summed E-state index contributed by atoms with van der Waals surface area (Å²) in [6.07, 6.45) is 3.73. The Balaban J connectivity index is 4.47. The molecule has 15 heavy (non-hydrogen) atoms. The second kappa shape index (κ2) is 5.46. The van der Waals surface area contributed by atoms with Crippen molar-refractivity contribution in [2.75, 3.05) is 0 Å². The zero-order valence-electron chi connectivity index (χ0n) is 10.4. The monoisotopic (exact) mass is 229 g/mol. The van der Waals surface area contributed by atoms with Crippen LogP contribution in [0.15, 0.2) is 17.8 Å². The highest BCUT2D eigenvalue weighted by molar-refractivity contribution is 6.74. The van der Waals surface area contributed by atoms with E-state index in [2.05, 4.69) is 45.6 Å². The molecule has 88 valence electrons. The maximum Gasteiger partial charge on any atom is 0.192 e. The molecule has 0 unspecified atom stereocenters. The molecule has 0 aliphatic rings. The van der Waals surface area contributed by atoms with E-state index in [1.54, 1.807) is 6.08 Å². The van der Waals surface area contributed by atoms with Crippen molar-refractivity contribution >= 4 is 14.5 Å². The summed E-state index contributed by atoms with van der Waals surface area (Å²) in [6, 6.07) is 0. The Hall–Kier alpha value is -0.613. The van der Waals surface area contributed by atoms with Crippen LogP contribution < -0.4 is 0 Å². The maximum absolute atomic E-state index is 8.36. The first-order valence-electron chi connectivity index (χ1n) is 5.21. The zero-order chi connectivity index (χ0) is 12.1. The molecule has 4 heteroatoms. The van der Waals surface area contributed by atoms with Crippen LogP contribution in [0.4, 0.5) is 0 Å². The second-order valence-electron chi connectivity index (χ2n) is 5.19. The molecule has 0 bridgehead atoms. The molecular weight excluding hydrogens is 206 g/mol. The van der Waals surface area contributed by atoms with E-state index in [1.165, 1.54) is 6.21 Å². The van der Waals surface area contributed by atoms with Crippen LogP contribution in [0, 0.1) is 0 Å². The molecule has 0 aromatic heterocycles. The molecule has 0 aromatic rings. The van der Waals surface area contributed by atoms with Crippen molar-refractivity contribution in [1.29, 1.82) is 0 Å². The van der Waals surface area contributed by atoms with E-state index >= 15 is 0 Å². The van der Waals surface area contributed by atoms with E-state index in [0.717, 1.165) is 0 Å². The predicted molar refractivity (Wildman–Crippen MR) is 67.2 cm³/mol. The molecule has 0 heterocycles. The Morgan fingerprint density at radius 2 is 2.00 bits per heavy atom. The predicted octanol–water partition coefficient (Wildman–Crippen LogP) is 3.41. The third kappa shape index (κ3) is 4.62. The molecule has 3 nitrogen and oxygen atoms in total. The van der Waals surface area contributed by atoms with Gasteiger partial charge in [-0.1, -0.05) is 26.8 Å². The van der Waals surface area contributed by atoms with Crippen LogP contribution in [0.3, 0.4) is 0 Å². The van der Waals surface area contributed by atoms with Gasteiger partial charge < -0.3 is 9.63 Å². The highest BCUT2D eigenvalue weighted by Crippen LogP contribution is 2.37. The first-order chi connectivity index (χ1) is 6.74. The molecule has 0 radical (unpaired) electrons. The number of rotatable bonds is 5. The van der Waals surface area contributed by atoms with Gasteiger partial charge in [-0.25, -0.2) is 0 Å². The smallest absolute Gasteiger partial charge is 0.192 e. The minimum atomic E-state index is -1.75. The van der Waals surface area contributed by atoms with Gasteiger partial charge in [0.2, 0.25) is 0 Å². The highest BCUT2D eigenvalue weighted by atomic mass is 28.4. The quantitative estimate of drug-likeness (QED) is 0.258. The molecule has 0 spiro atoms. The Morgan fingerprint density at radius 3 is 2.33 bits per heavy atom. The van der Waals surface area contributed by atoms with E-state index in [9.17, 15) is 0 Å². The number of hydrogen-bond acceptors (Lipinski definition) is 3. The van der Waals surface area contributed by atoms with E-state index in [1.807, 2.05) is 0 Å². The van der Waals surface area contributed by atoms with Crippen LogP contribution in [0.5, 0.6) is 0 Å². The Morgan fingerprint density at radius 1 is 1.47 bits per heavy atom. The lowest BCUT2D eigenvalue weighted by Gasteiger charge is -2.38. The molecular formula is C11H23NO2Si. The normalized spacial score (nSPS) is 15.5. The van der Waals surface area contributed by atoms with Gasteiger partial charge in [0, 0.05) is 12.6 Å². The van der Waals surface area contributed by atoms with Crippen LogP contribution in [-0.4, -0.2) is 25.8 Å². The van der Waals surface area contributed by atoms with Crippen molar-refractivity contribution in [3.05, 3.63) is 12.7 Å². The second-order valence-corrected chi connectivity index (χ2v) is 9.94. The lowest BCUT2D eigenvalue weighted by Crippen LogP contribution is -2.43. The van der Waals surface area contributed by atoms with Crippen molar-refractivity contribution in [1.82, 2.24) is 0 Å². The zero-order valence-corrected chi connectivity index (χ0v) is 11.4. The summed E-state index contributed by atoms with van der Waals surface area (Å²) in [4.78, 5) is 0. The van der Waals surface area contributed by atoms with Gasteiger partial charge in [-0.05, 0) is 18.1 Å². The first-order valence-corrected chi connectivity index (χ1v) is 8.11. The van der Waals surface area contributed by atoms with E-state index in [-0.39, 0.29) is 11.1 Å². The van der Waals surface area contributed by atoms with Gasteiger partial charge in [0.05, 0.1) is 6.10 Å². The molecule has 0 aliphatic carbocycles. The topological polar surface area (TPSA) is 41.8 Å². The Bertz CT molecular complexity index is 231. The number of nitrogens with zero attached hydrogens (tertiary/aromatic N) is 1. The standard InChI is InChI=1S/C11H23NO2Si/c1-7-10(8-9-12-13)14-15(5,6)11(2,3)4/h7,9-10,13H,1,8H2,2-6H3/b12-9+/t10-/m0/s1. The molecule has 1 atom stereocenters. The summed E-state index contributed by atoms with van der Waals surface area (Å²) < 4.78 is 6.07. The molecule has 0 aliphatic heterocycles. The largest absolute Gasteiger partial charge is 0.411 e. The summed E-state index contributed by atoms with van der Waals surface area (Å²) in [7, 11) is -1.75. The van der Waals surface area contributed by atoms with E-state index < -0.39 is 8.32 Å². The summed E-state index contributed by atoms with van der Waals surface area (Å²) in [6.45, 7) is 14.7. The minimum absolute atomic E-state index is 0.0539. The van der Waals surface area contributed by atoms with Gasteiger partial charge in [0.25, 0.3) is 0 Å². The van der Waals surface area contributed by atoms with Crippen LogP contribution in [-0.2, 0) is 4.43 Å². The van der Waals surface area contributed by atoms with Crippen molar-refractivity contribution < 1.29 is 9.63 Å². The molecule has 0 rings (SSSR count). The van der Waals surface area contributed by atoms with E-state index in [0.29, 0.717) is 6.42 Å². The fourth-order valence-electron chi connectivity index (χ4n) is 0.899. The highest BCUT2D eigenvalue weighted by Gasteiger charge is 2.38. The minimum Gasteiger partial charge on any atom is -0.411 e. The lowest BCUT2D eigenvalue weighted by atomic mass is 10.2.